The first-order chi connectivity index (χ1) is 17.2. The zero-order valence-electron chi connectivity index (χ0n) is 18.5. The van der Waals surface area contributed by atoms with E-state index in [1.807, 2.05) is 6.07 Å². The second-order valence-corrected chi connectivity index (χ2v) is 7.80. The molecule has 0 unspecified atom stereocenters. The van der Waals surface area contributed by atoms with Crippen LogP contribution in [0.1, 0.15) is 11.3 Å². The van der Waals surface area contributed by atoms with Gasteiger partial charge >= 0.3 is 6.18 Å². The Bertz CT molecular complexity index is 1820. The van der Waals surface area contributed by atoms with Gasteiger partial charge in [-0.15, -0.1) is 4.99 Å². The summed E-state index contributed by atoms with van der Waals surface area (Å²) in [4.78, 5) is 16.3. The van der Waals surface area contributed by atoms with Crippen molar-refractivity contribution >= 4 is 27.8 Å². The van der Waals surface area contributed by atoms with E-state index in [2.05, 4.69) is 19.9 Å². The number of hydrogen-bond donors (Lipinski definition) is 1. The summed E-state index contributed by atoms with van der Waals surface area (Å²) < 4.78 is 43.6. The number of benzene rings is 1. The number of nitriles is 2. The molecule has 5 rings (SSSR count). The van der Waals surface area contributed by atoms with Gasteiger partial charge in [0.1, 0.15) is 17.6 Å². The summed E-state index contributed by atoms with van der Waals surface area (Å²) in [5, 5.41) is 19.0. The van der Waals surface area contributed by atoms with E-state index in [-0.39, 0.29) is 16.9 Å². The molecule has 0 aliphatic rings. The Kier molecular flexibility index (Phi) is 5.15. The lowest BCUT2D eigenvalue weighted by Gasteiger charge is -2.12. The zero-order valence-corrected chi connectivity index (χ0v) is 18.5. The van der Waals surface area contributed by atoms with Crippen molar-refractivity contribution in [3.63, 3.8) is 0 Å². The van der Waals surface area contributed by atoms with Crippen LogP contribution in [0.25, 0.3) is 38.8 Å². The fraction of sp³-hybridized carbons (Fsp3) is 0.0833. The maximum absolute atomic E-state index is 13.4. The smallest absolute Gasteiger partial charge is 0.383 e. The van der Waals surface area contributed by atoms with E-state index in [1.54, 1.807) is 52.8 Å². The third-order valence-corrected chi connectivity index (χ3v) is 5.73. The number of halogens is 3. The van der Waals surface area contributed by atoms with Crippen molar-refractivity contribution < 1.29 is 13.2 Å². The summed E-state index contributed by atoms with van der Waals surface area (Å²) >= 11 is 0. The molecule has 4 heterocycles. The molecule has 176 valence electrons. The highest BCUT2D eigenvalue weighted by atomic mass is 19.4. The largest absolute Gasteiger partial charge is 0.419 e. The van der Waals surface area contributed by atoms with Gasteiger partial charge in [-0.2, -0.15) is 23.7 Å². The first-order valence-electron chi connectivity index (χ1n) is 10.4. The molecule has 0 spiro atoms. The quantitative estimate of drug-likeness (QED) is 0.378. The fourth-order valence-corrected chi connectivity index (χ4v) is 4.04. The molecule has 0 saturated heterocycles. The predicted molar refractivity (Wildman–Crippen MR) is 124 cm³/mol. The van der Waals surface area contributed by atoms with Crippen molar-refractivity contribution in [2.24, 2.45) is 12.0 Å². The SMILES string of the molecule is Cn1/c(=N/C#N)n(-c2ccc(C#N)nc2)c2c3cc(-c4cnc(N)c(C(F)(F)F)c4)ccc3ncc21. The molecule has 4 aromatic heterocycles. The molecule has 0 amide bonds. The number of aromatic nitrogens is 5. The van der Waals surface area contributed by atoms with Gasteiger partial charge in [0.2, 0.25) is 11.8 Å². The highest BCUT2D eigenvalue weighted by molar-refractivity contribution is 6.04. The van der Waals surface area contributed by atoms with Crippen LogP contribution in [0, 0.1) is 22.8 Å². The molecule has 0 saturated carbocycles. The van der Waals surface area contributed by atoms with Crippen LogP contribution in [0.15, 0.2) is 60.0 Å². The second-order valence-electron chi connectivity index (χ2n) is 7.80. The number of nitrogens with zero attached hydrogens (tertiary/aromatic N) is 8. The topological polar surface area (TPSA) is 134 Å². The molecule has 0 atom stereocenters. The Morgan fingerprint density at radius 1 is 0.972 bits per heavy atom. The number of hydrogen-bond acceptors (Lipinski definition) is 7. The van der Waals surface area contributed by atoms with Gasteiger partial charge < -0.3 is 10.3 Å². The lowest BCUT2D eigenvalue weighted by molar-refractivity contribution is -0.137. The number of anilines is 1. The van der Waals surface area contributed by atoms with Crippen molar-refractivity contribution in [3.05, 3.63) is 71.9 Å². The molecule has 5 aromatic rings. The van der Waals surface area contributed by atoms with Crippen molar-refractivity contribution in [2.45, 2.75) is 6.18 Å². The lowest BCUT2D eigenvalue weighted by Crippen LogP contribution is -2.23. The molecule has 1 aromatic carbocycles. The van der Waals surface area contributed by atoms with Crippen LogP contribution >= 0.6 is 0 Å². The highest BCUT2D eigenvalue weighted by Crippen LogP contribution is 2.36. The van der Waals surface area contributed by atoms with Crippen LogP contribution in [0.3, 0.4) is 0 Å². The first-order valence-corrected chi connectivity index (χ1v) is 10.4. The van der Waals surface area contributed by atoms with Gasteiger partial charge in [0.25, 0.3) is 0 Å². The van der Waals surface area contributed by atoms with Crippen molar-refractivity contribution in [1.82, 2.24) is 24.1 Å². The summed E-state index contributed by atoms with van der Waals surface area (Å²) in [6.07, 6.45) is 1.51. The summed E-state index contributed by atoms with van der Waals surface area (Å²) in [5.74, 6) is -0.604. The number of pyridine rings is 3. The van der Waals surface area contributed by atoms with E-state index < -0.39 is 17.6 Å². The van der Waals surface area contributed by atoms with Gasteiger partial charge in [0.15, 0.2) is 0 Å². The van der Waals surface area contributed by atoms with Crippen molar-refractivity contribution in [1.29, 1.82) is 10.5 Å². The summed E-state index contributed by atoms with van der Waals surface area (Å²) in [7, 11) is 1.71. The molecule has 0 aliphatic heterocycles. The Hall–Kier alpha value is -5.23. The average molecular weight is 485 g/mol. The molecular weight excluding hydrogens is 471 g/mol. The highest BCUT2D eigenvalue weighted by Gasteiger charge is 2.34. The molecule has 9 nitrogen and oxygen atoms in total. The number of fused-ring (bicyclic) bond motifs is 3. The Morgan fingerprint density at radius 3 is 2.44 bits per heavy atom. The van der Waals surface area contributed by atoms with Crippen molar-refractivity contribution in [3.8, 4) is 29.1 Å². The number of alkyl halides is 3. The van der Waals surface area contributed by atoms with Gasteiger partial charge in [0, 0.05) is 24.2 Å². The fourth-order valence-electron chi connectivity index (χ4n) is 4.04. The van der Waals surface area contributed by atoms with Gasteiger partial charge in [0.05, 0.1) is 40.2 Å². The molecule has 36 heavy (non-hydrogen) atoms. The molecule has 0 bridgehead atoms. The molecule has 2 N–H and O–H groups in total. The molecule has 12 heteroatoms. The number of nitrogens with two attached hydrogens (primary N) is 1. The van der Waals surface area contributed by atoms with Gasteiger partial charge in [-0.1, -0.05) is 6.07 Å². The third kappa shape index (κ3) is 3.58. The predicted octanol–water partition coefficient (Wildman–Crippen LogP) is 3.83. The van der Waals surface area contributed by atoms with Crippen LogP contribution < -0.4 is 11.4 Å². The van der Waals surface area contributed by atoms with E-state index in [1.165, 1.54) is 18.5 Å². The summed E-state index contributed by atoms with van der Waals surface area (Å²) in [5.41, 5.74) is 7.91. The maximum atomic E-state index is 13.4. The Balaban J connectivity index is 1.85. The first kappa shape index (κ1) is 22.6. The van der Waals surface area contributed by atoms with Crippen LogP contribution in [-0.4, -0.2) is 24.1 Å². The van der Waals surface area contributed by atoms with E-state index in [0.29, 0.717) is 33.2 Å². The minimum absolute atomic E-state index is 0.212. The molecule has 0 fully saturated rings. The monoisotopic (exact) mass is 485 g/mol. The number of rotatable bonds is 2. The maximum Gasteiger partial charge on any atom is 0.419 e. The van der Waals surface area contributed by atoms with E-state index >= 15 is 0 Å². The van der Waals surface area contributed by atoms with Gasteiger partial charge in [-0.25, -0.2) is 9.97 Å². The van der Waals surface area contributed by atoms with Gasteiger partial charge in [-0.3, -0.25) is 9.55 Å². The van der Waals surface area contributed by atoms with Crippen LogP contribution in [-0.2, 0) is 13.2 Å². The minimum atomic E-state index is -4.66. The zero-order chi connectivity index (χ0) is 25.6. The lowest BCUT2D eigenvalue weighted by atomic mass is 10.0. The van der Waals surface area contributed by atoms with Gasteiger partial charge in [-0.05, 0) is 35.9 Å². The second kappa shape index (κ2) is 8.21. The number of imidazole rings is 1. The van der Waals surface area contributed by atoms with Crippen LogP contribution in [0.2, 0.25) is 0 Å². The number of aryl methyl sites for hydroxylation is 1. The van der Waals surface area contributed by atoms with E-state index in [0.717, 1.165) is 6.07 Å². The normalized spacial score (nSPS) is 12.1. The van der Waals surface area contributed by atoms with E-state index in [9.17, 15) is 18.4 Å². The van der Waals surface area contributed by atoms with Crippen LogP contribution in [0.5, 0.6) is 0 Å². The third-order valence-electron chi connectivity index (χ3n) is 5.73. The van der Waals surface area contributed by atoms with Crippen LogP contribution in [0.4, 0.5) is 19.0 Å². The van der Waals surface area contributed by atoms with E-state index in [4.69, 9.17) is 11.0 Å². The average Bonchev–Trinajstić information content (AvgIpc) is 3.15. The molecular formula is C24H14F3N9. The Morgan fingerprint density at radius 2 is 1.78 bits per heavy atom. The molecule has 0 radical (unpaired) electrons. The summed E-state index contributed by atoms with van der Waals surface area (Å²) in [6.45, 7) is 0. The Labute approximate surface area is 200 Å². The van der Waals surface area contributed by atoms with Crippen molar-refractivity contribution in [2.75, 3.05) is 5.73 Å². The minimum Gasteiger partial charge on any atom is -0.383 e. The standard InChI is InChI=1S/C24H14F3N9/c1-35-20-11-32-19-5-2-13(14-7-18(24(25,26)27)22(30)33-9-14)6-17(19)21(20)36(23(35)34-12-29)16-4-3-15(8-28)31-10-16/h2-7,9-11H,1H3,(H2,30,33)/b34-23-. The number of nitrogen functional groups attached to an aromatic ring is 1. The summed E-state index contributed by atoms with van der Waals surface area (Å²) in [6, 6.07) is 11.1. The molecule has 0 aliphatic carbocycles.